The van der Waals surface area contributed by atoms with Crippen molar-refractivity contribution in [3.63, 3.8) is 0 Å². The molecule has 4 nitrogen and oxygen atoms in total. The van der Waals surface area contributed by atoms with Crippen LogP contribution in [0.1, 0.15) is 25.7 Å². The average Bonchev–Trinajstić information content (AvgIpc) is 2.65. The van der Waals surface area contributed by atoms with Crippen molar-refractivity contribution in [2.75, 3.05) is 26.7 Å². The lowest BCUT2D eigenvalue weighted by molar-refractivity contribution is -0.123. The van der Waals surface area contributed by atoms with E-state index >= 15 is 0 Å². The molecule has 2 heterocycles. The second-order valence-electron chi connectivity index (χ2n) is 4.86. The molecule has 86 valence electrons. The maximum Gasteiger partial charge on any atom is 0.234 e. The van der Waals surface area contributed by atoms with E-state index in [-0.39, 0.29) is 11.9 Å². The molecule has 2 fully saturated rings. The highest BCUT2D eigenvalue weighted by Gasteiger charge is 2.35. The third kappa shape index (κ3) is 2.32. The first kappa shape index (κ1) is 10.9. The van der Waals surface area contributed by atoms with Crippen LogP contribution in [0.15, 0.2) is 0 Å². The van der Waals surface area contributed by atoms with Crippen LogP contribution in [0.25, 0.3) is 0 Å². The highest BCUT2D eigenvalue weighted by Crippen LogP contribution is 2.24. The van der Waals surface area contributed by atoms with Gasteiger partial charge in [0.15, 0.2) is 0 Å². The van der Waals surface area contributed by atoms with E-state index in [1.807, 2.05) is 0 Å². The minimum atomic E-state index is -0.138. The van der Waals surface area contributed by atoms with Crippen LogP contribution in [-0.2, 0) is 4.79 Å². The molecule has 0 spiro atoms. The number of nitrogens with two attached hydrogens (primary N) is 1. The lowest BCUT2D eigenvalue weighted by Crippen LogP contribution is -2.51. The van der Waals surface area contributed by atoms with Gasteiger partial charge in [-0.05, 0) is 45.8 Å². The summed E-state index contributed by atoms with van der Waals surface area (Å²) in [5.74, 6) is -0.138. The summed E-state index contributed by atoms with van der Waals surface area (Å²) in [5.41, 5.74) is 5.44. The van der Waals surface area contributed by atoms with Gasteiger partial charge in [0.1, 0.15) is 0 Å². The first-order chi connectivity index (χ1) is 7.18. The Balaban J connectivity index is 1.99. The molecule has 0 aromatic carbocycles. The lowest BCUT2D eigenvalue weighted by Gasteiger charge is -2.38. The third-order valence-electron chi connectivity index (χ3n) is 3.69. The topological polar surface area (TPSA) is 49.6 Å². The number of hydrogen-bond acceptors (Lipinski definition) is 3. The van der Waals surface area contributed by atoms with E-state index in [0.29, 0.717) is 6.04 Å². The van der Waals surface area contributed by atoms with Crippen molar-refractivity contribution < 1.29 is 4.79 Å². The molecule has 1 amide bonds. The van der Waals surface area contributed by atoms with Crippen molar-refractivity contribution in [3.05, 3.63) is 0 Å². The quantitative estimate of drug-likeness (QED) is 0.701. The van der Waals surface area contributed by atoms with E-state index in [9.17, 15) is 4.79 Å². The summed E-state index contributed by atoms with van der Waals surface area (Å²) >= 11 is 0. The number of carbonyl (C=O) groups excluding carboxylic acids is 1. The summed E-state index contributed by atoms with van der Waals surface area (Å²) in [6.45, 7) is 3.32. The Hall–Kier alpha value is -0.610. The van der Waals surface area contributed by atoms with E-state index in [1.54, 1.807) is 0 Å². The second kappa shape index (κ2) is 4.49. The van der Waals surface area contributed by atoms with Gasteiger partial charge in [-0.1, -0.05) is 0 Å². The highest BCUT2D eigenvalue weighted by atomic mass is 16.1. The predicted octanol–water partition coefficient (Wildman–Crippen LogP) is 0.0303. The molecule has 0 aromatic rings. The van der Waals surface area contributed by atoms with Gasteiger partial charge in [-0.25, -0.2) is 0 Å². The van der Waals surface area contributed by atoms with Gasteiger partial charge < -0.3 is 10.6 Å². The number of nitrogens with zero attached hydrogens (tertiary/aromatic N) is 2. The molecule has 0 aromatic heterocycles. The molecule has 0 saturated carbocycles. The summed E-state index contributed by atoms with van der Waals surface area (Å²) in [6, 6.07) is 0.547. The van der Waals surface area contributed by atoms with Gasteiger partial charge in [0, 0.05) is 12.6 Å². The minimum Gasteiger partial charge on any atom is -0.368 e. The fourth-order valence-electron chi connectivity index (χ4n) is 2.94. The molecule has 2 aliphatic rings. The Kier molecular flexibility index (Phi) is 3.26. The van der Waals surface area contributed by atoms with E-state index in [1.165, 1.54) is 19.4 Å². The van der Waals surface area contributed by atoms with Crippen molar-refractivity contribution >= 4 is 5.91 Å². The number of primary amides is 1. The molecule has 2 saturated heterocycles. The van der Waals surface area contributed by atoms with Gasteiger partial charge in [0.25, 0.3) is 0 Å². The molecular weight excluding hydrogens is 190 g/mol. The van der Waals surface area contributed by atoms with E-state index in [0.717, 1.165) is 25.9 Å². The van der Waals surface area contributed by atoms with Crippen molar-refractivity contribution in [2.45, 2.75) is 37.8 Å². The predicted molar refractivity (Wildman–Crippen MR) is 59.4 cm³/mol. The smallest absolute Gasteiger partial charge is 0.234 e. The zero-order valence-electron chi connectivity index (χ0n) is 9.48. The Morgan fingerprint density at radius 2 is 2.00 bits per heavy atom. The number of hydrogen-bond donors (Lipinski definition) is 1. The van der Waals surface area contributed by atoms with Crippen molar-refractivity contribution in [1.29, 1.82) is 0 Å². The number of rotatable bonds is 2. The summed E-state index contributed by atoms with van der Waals surface area (Å²) < 4.78 is 0. The molecule has 2 atom stereocenters. The van der Waals surface area contributed by atoms with Crippen molar-refractivity contribution in [2.24, 2.45) is 5.73 Å². The summed E-state index contributed by atoms with van der Waals surface area (Å²) in [7, 11) is 2.15. The molecule has 0 bridgehead atoms. The van der Waals surface area contributed by atoms with Crippen LogP contribution in [0.4, 0.5) is 0 Å². The number of likely N-dealkylation sites (N-methyl/N-ethyl adjacent to an activating group) is 1. The maximum atomic E-state index is 11.3. The number of piperidine rings is 1. The van der Waals surface area contributed by atoms with Gasteiger partial charge in [-0.15, -0.1) is 0 Å². The zero-order chi connectivity index (χ0) is 10.8. The van der Waals surface area contributed by atoms with E-state index in [4.69, 9.17) is 5.73 Å². The molecular formula is C11H21N3O. The van der Waals surface area contributed by atoms with Crippen LogP contribution < -0.4 is 5.73 Å². The molecule has 2 rings (SSSR count). The van der Waals surface area contributed by atoms with Crippen LogP contribution >= 0.6 is 0 Å². The Bertz CT molecular complexity index is 244. The summed E-state index contributed by atoms with van der Waals surface area (Å²) in [4.78, 5) is 16.0. The average molecular weight is 211 g/mol. The number of amides is 1. The SMILES string of the molecule is CN1CCC[C@@H](N2CCCC2C(N)=O)C1. The van der Waals surface area contributed by atoms with Gasteiger partial charge in [0.05, 0.1) is 6.04 Å². The number of carbonyl (C=O) groups is 1. The largest absolute Gasteiger partial charge is 0.368 e. The monoisotopic (exact) mass is 211 g/mol. The summed E-state index contributed by atoms with van der Waals surface area (Å²) in [5, 5.41) is 0. The summed E-state index contributed by atoms with van der Waals surface area (Å²) in [6.07, 6.45) is 4.53. The van der Waals surface area contributed by atoms with E-state index < -0.39 is 0 Å². The highest BCUT2D eigenvalue weighted by molar-refractivity contribution is 5.80. The first-order valence-electron chi connectivity index (χ1n) is 5.92. The number of likely N-dealkylation sites (tertiary alicyclic amines) is 2. The van der Waals surface area contributed by atoms with Gasteiger partial charge in [-0.3, -0.25) is 9.69 Å². The fourth-order valence-corrected chi connectivity index (χ4v) is 2.94. The van der Waals surface area contributed by atoms with Crippen LogP contribution in [0.2, 0.25) is 0 Å². The Morgan fingerprint density at radius 1 is 1.27 bits per heavy atom. The molecule has 2 N–H and O–H groups in total. The van der Waals surface area contributed by atoms with Gasteiger partial charge in [-0.2, -0.15) is 0 Å². The van der Waals surface area contributed by atoms with Crippen molar-refractivity contribution in [3.8, 4) is 0 Å². The molecule has 2 aliphatic heterocycles. The molecule has 15 heavy (non-hydrogen) atoms. The molecule has 1 unspecified atom stereocenters. The van der Waals surface area contributed by atoms with Crippen LogP contribution in [0.5, 0.6) is 0 Å². The van der Waals surface area contributed by atoms with E-state index in [2.05, 4.69) is 16.8 Å². The Labute approximate surface area is 91.4 Å². The van der Waals surface area contributed by atoms with Crippen LogP contribution in [0, 0.1) is 0 Å². The lowest BCUT2D eigenvalue weighted by atomic mass is 10.0. The second-order valence-corrected chi connectivity index (χ2v) is 4.86. The normalized spacial score (nSPS) is 34.5. The zero-order valence-corrected chi connectivity index (χ0v) is 9.48. The fraction of sp³-hybridized carbons (Fsp3) is 0.909. The molecule has 4 heteroatoms. The van der Waals surface area contributed by atoms with Crippen LogP contribution in [-0.4, -0.2) is 54.5 Å². The van der Waals surface area contributed by atoms with Gasteiger partial charge in [0.2, 0.25) is 5.91 Å². The first-order valence-corrected chi connectivity index (χ1v) is 5.92. The standard InChI is InChI=1S/C11H21N3O/c1-13-6-2-4-9(8-13)14-7-3-5-10(14)11(12)15/h9-10H,2-8H2,1H3,(H2,12,15)/t9-,10?/m1/s1. The maximum absolute atomic E-state index is 11.3. The van der Waals surface area contributed by atoms with Crippen LogP contribution in [0.3, 0.4) is 0 Å². The van der Waals surface area contributed by atoms with Gasteiger partial charge >= 0.3 is 0 Å². The third-order valence-corrected chi connectivity index (χ3v) is 3.69. The molecule has 0 aliphatic carbocycles. The molecule has 0 radical (unpaired) electrons. The van der Waals surface area contributed by atoms with Crippen molar-refractivity contribution in [1.82, 2.24) is 9.80 Å². The Morgan fingerprint density at radius 3 is 2.67 bits per heavy atom. The minimum absolute atomic E-state index is 0.00139.